The van der Waals surface area contributed by atoms with Gasteiger partial charge in [-0.2, -0.15) is 0 Å². The van der Waals surface area contributed by atoms with Crippen LogP contribution >= 0.6 is 0 Å². The van der Waals surface area contributed by atoms with Crippen molar-refractivity contribution < 1.29 is 47.1 Å². The summed E-state index contributed by atoms with van der Waals surface area (Å²) in [6.45, 7) is 16.8. The third-order valence-corrected chi connectivity index (χ3v) is 16.1. The van der Waals surface area contributed by atoms with Gasteiger partial charge in [0.1, 0.15) is 42.7 Å². The maximum Gasteiger partial charge on any atom is 0.192 e. The first-order chi connectivity index (χ1) is 28.4. The summed E-state index contributed by atoms with van der Waals surface area (Å²) in [5.41, 5.74) is 4.10. The third kappa shape index (κ3) is 11.5. The second kappa shape index (κ2) is 19.6. The van der Waals surface area contributed by atoms with E-state index in [9.17, 15) is 0 Å². The average molecular weight is 827 g/mol. The van der Waals surface area contributed by atoms with E-state index in [4.69, 9.17) is 47.1 Å². The van der Waals surface area contributed by atoms with E-state index in [2.05, 4.69) is 46.0 Å². The standard InChI is InChI=1S/C48H62O10Si/c1-47(2,3)59(6,7)53-33-39-41(44-46(55-39)58-48(4,5)57-44)56-45-43(52-31-37-26-18-11-19-27-37)42(51-30-36-24-16-10-17-25-36)40(50-29-35-22-14-9-15-23-35)38(54-45)32-49-28-34-20-12-8-13-21-34/h8-27,38-46H,28-33H2,1-7H3/t38-,39-,40+,41+,42+,43-,44-,45-,46-/m1/s1. The highest BCUT2D eigenvalue weighted by Crippen LogP contribution is 2.43. The third-order valence-electron chi connectivity index (χ3n) is 11.6. The molecule has 3 aliphatic rings. The van der Waals surface area contributed by atoms with Gasteiger partial charge in [-0.1, -0.05) is 142 Å². The maximum absolute atomic E-state index is 7.18. The largest absolute Gasteiger partial charge is 0.414 e. The summed E-state index contributed by atoms with van der Waals surface area (Å²) >= 11 is 0. The van der Waals surface area contributed by atoms with Gasteiger partial charge in [-0.15, -0.1) is 0 Å². The minimum atomic E-state index is -2.16. The van der Waals surface area contributed by atoms with Gasteiger partial charge in [0.05, 0.1) is 39.6 Å². The van der Waals surface area contributed by atoms with E-state index in [1.807, 2.05) is 123 Å². The molecule has 4 aromatic rings. The number of benzene rings is 4. The fourth-order valence-corrected chi connectivity index (χ4v) is 8.38. The summed E-state index contributed by atoms with van der Waals surface area (Å²) in [7, 11) is -2.16. The quantitative estimate of drug-likeness (QED) is 0.0906. The van der Waals surface area contributed by atoms with Crippen LogP contribution in [0.5, 0.6) is 0 Å². The van der Waals surface area contributed by atoms with Crippen molar-refractivity contribution in [3.8, 4) is 0 Å². The lowest BCUT2D eigenvalue weighted by Gasteiger charge is -2.47. The molecular formula is C48H62O10Si. The molecule has 0 amide bonds. The van der Waals surface area contributed by atoms with Gasteiger partial charge in [0.15, 0.2) is 26.7 Å². The summed E-state index contributed by atoms with van der Waals surface area (Å²) in [5, 5.41) is 0.000716. The molecule has 0 saturated carbocycles. The molecular weight excluding hydrogens is 765 g/mol. The first kappa shape index (κ1) is 43.8. The highest BCUT2D eigenvalue weighted by Gasteiger charge is 2.58. The predicted molar refractivity (Wildman–Crippen MR) is 227 cm³/mol. The molecule has 3 aliphatic heterocycles. The summed E-state index contributed by atoms with van der Waals surface area (Å²) < 4.78 is 67.5. The Bertz CT molecular complexity index is 1840. The highest BCUT2D eigenvalue weighted by molar-refractivity contribution is 6.74. The lowest BCUT2D eigenvalue weighted by Crippen LogP contribution is -2.63. The van der Waals surface area contributed by atoms with E-state index in [0.29, 0.717) is 26.4 Å². The molecule has 10 nitrogen and oxygen atoms in total. The highest BCUT2D eigenvalue weighted by atomic mass is 28.4. The van der Waals surface area contributed by atoms with Gasteiger partial charge in [-0.05, 0) is 54.2 Å². The van der Waals surface area contributed by atoms with Crippen molar-refractivity contribution in [2.75, 3.05) is 13.2 Å². The van der Waals surface area contributed by atoms with Crippen molar-refractivity contribution in [3.05, 3.63) is 144 Å². The lowest BCUT2D eigenvalue weighted by molar-refractivity contribution is -0.344. The first-order valence-electron chi connectivity index (χ1n) is 20.9. The van der Waals surface area contributed by atoms with Crippen LogP contribution < -0.4 is 0 Å². The minimum Gasteiger partial charge on any atom is -0.414 e. The first-order valence-corrected chi connectivity index (χ1v) is 23.8. The Hall–Kier alpha value is -3.30. The van der Waals surface area contributed by atoms with Crippen molar-refractivity contribution >= 4 is 8.32 Å². The van der Waals surface area contributed by atoms with Crippen LogP contribution in [-0.4, -0.2) is 82.6 Å². The van der Waals surface area contributed by atoms with Gasteiger partial charge in [0.2, 0.25) is 0 Å². The molecule has 7 rings (SSSR count). The summed E-state index contributed by atoms with van der Waals surface area (Å²) in [6.07, 6.45) is -5.87. The fraction of sp³-hybridized carbons (Fsp3) is 0.500. The van der Waals surface area contributed by atoms with E-state index in [-0.39, 0.29) is 18.3 Å². The second-order valence-electron chi connectivity index (χ2n) is 17.6. The molecule has 0 aliphatic carbocycles. The molecule has 59 heavy (non-hydrogen) atoms. The number of hydrogen-bond acceptors (Lipinski definition) is 10. The van der Waals surface area contributed by atoms with Crippen molar-refractivity contribution in [1.82, 2.24) is 0 Å². The zero-order valence-corrected chi connectivity index (χ0v) is 36.6. The topological polar surface area (TPSA) is 92.3 Å². The second-order valence-corrected chi connectivity index (χ2v) is 22.5. The smallest absolute Gasteiger partial charge is 0.192 e. The molecule has 3 heterocycles. The summed E-state index contributed by atoms with van der Waals surface area (Å²) in [5.74, 6) is -0.871. The van der Waals surface area contributed by atoms with Gasteiger partial charge in [-0.3, -0.25) is 0 Å². The Labute approximate surface area is 351 Å². The van der Waals surface area contributed by atoms with Crippen molar-refractivity contribution in [2.45, 2.75) is 140 Å². The molecule has 0 unspecified atom stereocenters. The van der Waals surface area contributed by atoms with Crippen LogP contribution in [0, 0.1) is 0 Å². The van der Waals surface area contributed by atoms with Crippen LogP contribution in [-0.2, 0) is 73.5 Å². The Morgan fingerprint density at radius 3 is 1.51 bits per heavy atom. The number of rotatable bonds is 18. The molecule has 4 aromatic carbocycles. The van der Waals surface area contributed by atoms with Gasteiger partial charge in [-0.25, -0.2) is 0 Å². The van der Waals surface area contributed by atoms with Crippen molar-refractivity contribution in [2.24, 2.45) is 0 Å². The molecule has 3 saturated heterocycles. The van der Waals surface area contributed by atoms with Crippen LogP contribution in [0.1, 0.15) is 56.9 Å². The molecule has 0 bridgehead atoms. The minimum absolute atomic E-state index is 0.000716. The molecule has 318 valence electrons. The molecule has 11 heteroatoms. The molecule has 9 atom stereocenters. The molecule has 0 spiro atoms. The van der Waals surface area contributed by atoms with Gasteiger partial charge in [0.25, 0.3) is 0 Å². The number of fused-ring (bicyclic) bond motifs is 1. The summed E-state index contributed by atoms with van der Waals surface area (Å²) in [6, 6.07) is 40.4. The Morgan fingerprint density at radius 2 is 1.00 bits per heavy atom. The van der Waals surface area contributed by atoms with Gasteiger partial charge in [0, 0.05) is 0 Å². The predicted octanol–water partition coefficient (Wildman–Crippen LogP) is 8.97. The van der Waals surface area contributed by atoms with E-state index in [0.717, 1.165) is 22.3 Å². The van der Waals surface area contributed by atoms with Crippen LogP contribution in [0.2, 0.25) is 18.1 Å². The normalized spacial score (nSPS) is 28.1. The molecule has 3 fully saturated rings. The Balaban J connectivity index is 1.23. The Kier molecular flexibility index (Phi) is 14.5. The van der Waals surface area contributed by atoms with E-state index in [1.54, 1.807) is 0 Å². The van der Waals surface area contributed by atoms with Crippen molar-refractivity contribution in [3.63, 3.8) is 0 Å². The average Bonchev–Trinajstić information content (AvgIpc) is 3.70. The molecule has 0 radical (unpaired) electrons. The van der Waals surface area contributed by atoms with E-state index in [1.165, 1.54) is 0 Å². The SMILES string of the molecule is CC1(C)O[C@H]2O[C@H](CO[Si](C)(C)C(C)(C)C)[C@H](O[C@H]3O[C@H](COCc4ccccc4)[C@H](OCc4ccccc4)[C@H](OCc4ccccc4)[C@H]3OCc3ccccc3)[C@H]2O1. The van der Waals surface area contributed by atoms with Crippen LogP contribution in [0.15, 0.2) is 121 Å². The van der Waals surface area contributed by atoms with Crippen LogP contribution in [0.25, 0.3) is 0 Å². The number of hydrogen-bond donors (Lipinski definition) is 0. The van der Waals surface area contributed by atoms with Gasteiger partial charge < -0.3 is 47.1 Å². The van der Waals surface area contributed by atoms with E-state index < -0.39 is 69.4 Å². The fourth-order valence-electron chi connectivity index (χ4n) is 7.36. The van der Waals surface area contributed by atoms with Gasteiger partial charge >= 0.3 is 0 Å². The maximum atomic E-state index is 7.18. The number of ether oxygens (including phenoxy) is 9. The summed E-state index contributed by atoms with van der Waals surface area (Å²) in [4.78, 5) is 0. The molecule has 0 N–H and O–H groups in total. The lowest BCUT2D eigenvalue weighted by atomic mass is 9.97. The monoisotopic (exact) mass is 826 g/mol. The Morgan fingerprint density at radius 1 is 0.542 bits per heavy atom. The zero-order valence-electron chi connectivity index (χ0n) is 35.6. The van der Waals surface area contributed by atoms with Crippen molar-refractivity contribution in [1.29, 1.82) is 0 Å². The van der Waals surface area contributed by atoms with E-state index >= 15 is 0 Å². The van der Waals surface area contributed by atoms with Crippen LogP contribution in [0.3, 0.4) is 0 Å². The zero-order chi connectivity index (χ0) is 41.5. The molecule has 0 aromatic heterocycles. The van der Waals surface area contributed by atoms with Crippen LogP contribution in [0.4, 0.5) is 0 Å².